The molecule has 1 saturated heterocycles. The van der Waals surface area contributed by atoms with E-state index in [0.29, 0.717) is 10.6 Å². The van der Waals surface area contributed by atoms with Gasteiger partial charge in [0.15, 0.2) is 0 Å². The first kappa shape index (κ1) is 16.8. The zero-order chi connectivity index (χ0) is 17.0. The Kier molecular flexibility index (Phi) is 5.09. The van der Waals surface area contributed by atoms with Crippen molar-refractivity contribution in [2.75, 3.05) is 22.7 Å². The number of sulfonamides is 1. The van der Waals surface area contributed by atoms with Crippen LogP contribution in [0.15, 0.2) is 53.4 Å². The second-order valence-electron chi connectivity index (χ2n) is 6.24. The number of nitrogens with one attached hydrogen (secondary N) is 1. The Balaban J connectivity index is 1.71. The predicted molar refractivity (Wildman–Crippen MR) is 99.1 cm³/mol. The summed E-state index contributed by atoms with van der Waals surface area (Å²) in [4.78, 5) is 2.62. The number of rotatable bonds is 6. The molecule has 0 spiro atoms. The lowest BCUT2D eigenvalue weighted by Gasteiger charge is -2.18. The first-order valence-corrected chi connectivity index (χ1v) is 10.0. The molecular weight excluding hydrogens is 320 g/mol. The minimum Gasteiger partial charge on any atom is -0.372 e. The summed E-state index contributed by atoms with van der Waals surface area (Å²) < 4.78 is 27.6. The molecule has 0 unspecified atom stereocenters. The van der Waals surface area contributed by atoms with Gasteiger partial charge in [0, 0.05) is 24.5 Å². The van der Waals surface area contributed by atoms with Crippen LogP contribution in [0.5, 0.6) is 0 Å². The molecule has 1 N–H and O–H groups in total. The minimum absolute atomic E-state index is 0.297. The average molecular weight is 344 g/mol. The molecular formula is C19H24N2O2S. The summed E-state index contributed by atoms with van der Waals surface area (Å²) >= 11 is 0. The Morgan fingerprint density at radius 3 is 2.17 bits per heavy atom. The fourth-order valence-electron chi connectivity index (χ4n) is 3.05. The van der Waals surface area contributed by atoms with Crippen molar-refractivity contribution in [1.82, 2.24) is 0 Å². The monoisotopic (exact) mass is 344 g/mol. The topological polar surface area (TPSA) is 49.4 Å². The van der Waals surface area contributed by atoms with Crippen molar-refractivity contribution >= 4 is 21.4 Å². The van der Waals surface area contributed by atoms with Gasteiger partial charge in [-0.2, -0.15) is 0 Å². The smallest absolute Gasteiger partial charge is 0.261 e. The van der Waals surface area contributed by atoms with Crippen LogP contribution in [0.3, 0.4) is 0 Å². The van der Waals surface area contributed by atoms with Gasteiger partial charge in [0.25, 0.3) is 10.0 Å². The summed E-state index contributed by atoms with van der Waals surface area (Å²) in [6, 6.07) is 14.7. The molecule has 1 aliphatic rings. The number of hydrogen-bond donors (Lipinski definition) is 1. The number of aryl methyl sites for hydroxylation is 1. The van der Waals surface area contributed by atoms with Gasteiger partial charge in [0.1, 0.15) is 0 Å². The van der Waals surface area contributed by atoms with Gasteiger partial charge in [-0.15, -0.1) is 0 Å². The number of anilines is 2. The van der Waals surface area contributed by atoms with Crippen molar-refractivity contribution < 1.29 is 8.42 Å². The first-order chi connectivity index (χ1) is 11.6. The summed E-state index contributed by atoms with van der Waals surface area (Å²) in [5.41, 5.74) is 2.90. The summed E-state index contributed by atoms with van der Waals surface area (Å²) in [5, 5.41) is 0. The molecule has 2 aromatic rings. The third-order valence-corrected chi connectivity index (χ3v) is 5.76. The second kappa shape index (κ2) is 7.26. The normalized spacial score (nSPS) is 14.8. The van der Waals surface area contributed by atoms with Crippen LogP contribution < -0.4 is 9.62 Å². The molecule has 0 aromatic heterocycles. The standard InChI is InChI=1S/C19H24N2O2S/c1-2-5-16-6-12-19(13-7-16)24(22,23)20-17-8-10-18(11-9-17)21-14-3-4-15-21/h6-13,20H,2-5,14-15H2,1H3. The molecule has 2 aromatic carbocycles. The zero-order valence-electron chi connectivity index (χ0n) is 14.0. The molecule has 0 amide bonds. The fourth-order valence-corrected chi connectivity index (χ4v) is 4.11. The van der Waals surface area contributed by atoms with Crippen molar-refractivity contribution in [1.29, 1.82) is 0 Å². The summed E-state index contributed by atoms with van der Waals surface area (Å²) in [7, 11) is -3.54. The second-order valence-corrected chi connectivity index (χ2v) is 7.92. The number of hydrogen-bond acceptors (Lipinski definition) is 3. The van der Waals surface area contributed by atoms with E-state index in [1.165, 1.54) is 12.8 Å². The lowest BCUT2D eigenvalue weighted by Crippen LogP contribution is -2.17. The van der Waals surface area contributed by atoms with Gasteiger partial charge in [-0.05, 0) is 61.2 Å². The molecule has 5 heteroatoms. The Morgan fingerprint density at radius 1 is 0.958 bits per heavy atom. The van der Waals surface area contributed by atoms with Gasteiger partial charge in [0.2, 0.25) is 0 Å². The number of nitrogens with zero attached hydrogens (tertiary/aromatic N) is 1. The van der Waals surface area contributed by atoms with Crippen LogP contribution in [0, 0.1) is 0 Å². The zero-order valence-corrected chi connectivity index (χ0v) is 14.8. The SMILES string of the molecule is CCCc1ccc(S(=O)(=O)Nc2ccc(N3CCCC3)cc2)cc1. The average Bonchev–Trinajstić information content (AvgIpc) is 3.10. The number of benzene rings is 2. The molecule has 4 nitrogen and oxygen atoms in total. The molecule has 1 heterocycles. The molecule has 0 radical (unpaired) electrons. The minimum atomic E-state index is -3.54. The van der Waals surface area contributed by atoms with Gasteiger partial charge in [-0.25, -0.2) is 8.42 Å². The van der Waals surface area contributed by atoms with Crippen LogP contribution in [0.2, 0.25) is 0 Å². The first-order valence-electron chi connectivity index (χ1n) is 8.55. The van der Waals surface area contributed by atoms with Gasteiger partial charge in [-0.3, -0.25) is 4.72 Å². The third kappa shape index (κ3) is 3.90. The van der Waals surface area contributed by atoms with E-state index >= 15 is 0 Å². The summed E-state index contributed by atoms with van der Waals surface area (Å²) in [6.45, 7) is 4.27. The highest BCUT2D eigenvalue weighted by molar-refractivity contribution is 7.92. The van der Waals surface area contributed by atoms with E-state index in [-0.39, 0.29) is 0 Å². The molecule has 128 valence electrons. The highest BCUT2D eigenvalue weighted by Crippen LogP contribution is 2.23. The van der Waals surface area contributed by atoms with E-state index in [4.69, 9.17) is 0 Å². The Labute approximate surface area is 144 Å². The molecule has 1 fully saturated rings. The van der Waals surface area contributed by atoms with Gasteiger partial charge in [0.05, 0.1) is 4.90 Å². The summed E-state index contributed by atoms with van der Waals surface area (Å²) in [6.07, 6.45) is 4.46. The van der Waals surface area contributed by atoms with Gasteiger partial charge >= 0.3 is 0 Å². The van der Waals surface area contributed by atoms with E-state index in [9.17, 15) is 8.42 Å². The van der Waals surface area contributed by atoms with Crippen molar-refractivity contribution in [2.24, 2.45) is 0 Å². The van der Waals surface area contributed by atoms with Crippen LogP contribution in [-0.4, -0.2) is 21.5 Å². The Bertz CT molecular complexity index is 762. The van der Waals surface area contributed by atoms with E-state index in [1.807, 2.05) is 36.4 Å². The Hall–Kier alpha value is -2.01. The van der Waals surface area contributed by atoms with Gasteiger partial charge in [-0.1, -0.05) is 25.5 Å². The maximum atomic E-state index is 12.5. The van der Waals surface area contributed by atoms with Crippen LogP contribution in [0.4, 0.5) is 11.4 Å². The highest BCUT2D eigenvalue weighted by atomic mass is 32.2. The maximum absolute atomic E-state index is 12.5. The Morgan fingerprint density at radius 2 is 1.58 bits per heavy atom. The van der Waals surface area contributed by atoms with E-state index in [1.54, 1.807) is 12.1 Å². The molecule has 0 atom stereocenters. The van der Waals surface area contributed by atoms with Gasteiger partial charge < -0.3 is 4.90 Å². The van der Waals surface area contributed by atoms with Crippen LogP contribution >= 0.6 is 0 Å². The molecule has 0 aliphatic carbocycles. The predicted octanol–water partition coefficient (Wildman–Crippen LogP) is 4.04. The van der Waals surface area contributed by atoms with E-state index in [2.05, 4.69) is 16.5 Å². The maximum Gasteiger partial charge on any atom is 0.261 e. The highest BCUT2D eigenvalue weighted by Gasteiger charge is 2.15. The van der Waals surface area contributed by atoms with Crippen molar-refractivity contribution in [3.05, 3.63) is 54.1 Å². The van der Waals surface area contributed by atoms with E-state index in [0.717, 1.165) is 37.2 Å². The molecule has 0 bridgehead atoms. The van der Waals surface area contributed by atoms with Crippen LogP contribution in [-0.2, 0) is 16.4 Å². The molecule has 24 heavy (non-hydrogen) atoms. The van der Waals surface area contributed by atoms with E-state index < -0.39 is 10.0 Å². The van der Waals surface area contributed by atoms with Crippen molar-refractivity contribution in [3.63, 3.8) is 0 Å². The van der Waals surface area contributed by atoms with Crippen molar-refractivity contribution in [2.45, 2.75) is 37.5 Å². The van der Waals surface area contributed by atoms with Crippen LogP contribution in [0.25, 0.3) is 0 Å². The quantitative estimate of drug-likeness (QED) is 0.860. The summed E-state index contributed by atoms with van der Waals surface area (Å²) in [5.74, 6) is 0. The third-order valence-electron chi connectivity index (χ3n) is 4.36. The lowest BCUT2D eigenvalue weighted by molar-refractivity contribution is 0.601. The van der Waals surface area contributed by atoms with Crippen molar-refractivity contribution in [3.8, 4) is 0 Å². The molecule has 1 aliphatic heterocycles. The lowest BCUT2D eigenvalue weighted by atomic mass is 10.1. The molecule has 3 rings (SSSR count). The van der Waals surface area contributed by atoms with Crippen LogP contribution in [0.1, 0.15) is 31.7 Å². The largest absolute Gasteiger partial charge is 0.372 e. The fraction of sp³-hybridized carbons (Fsp3) is 0.368. The molecule has 0 saturated carbocycles.